The molecule has 2 aliphatic carbocycles. The van der Waals surface area contributed by atoms with Crippen molar-refractivity contribution in [3.05, 3.63) is 136 Å². The van der Waals surface area contributed by atoms with Crippen LogP contribution < -0.4 is 34.2 Å². The first-order valence-corrected chi connectivity index (χ1v) is 22.7. The number of allylic oxidation sites excluding steroid dienone is 5. The number of fused-ring (bicyclic) bond motifs is 6. The third kappa shape index (κ3) is 9.14. The molecule has 4 aromatic carbocycles. The molecule has 4 aromatic rings. The Morgan fingerprint density at radius 2 is 1.48 bits per heavy atom. The predicted molar refractivity (Wildman–Crippen MR) is 250 cm³/mol. The third-order valence-electron chi connectivity index (χ3n) is 13.4. The van der Waals surface area contributed by atoms with Gasteiger partial charge in [0.15, 0.2) is 40.3 Å². The van der Waals surface area contributed by atoms with Gasteiger partial charge in [0.25, 0.3) is 5.91 Å². The fourth-order valence-electron chi connectivity index (χ4n) is 9.89. The van der Waals surface area contributed by atoms with Crippen LogP contribution in [0.15, 0.2) is 103 Å². The lowest BCUT2D eigenvalue weighted by Gasteiger charge is -2.28. The number of hydrogen-bond donors (Lipinski definition) is 1. The zero-order valence-electron chi connectivity index (χ0n) is 37.3. The van der Waals surface area contributed by atoms with Crippen LogP contribution in [0.1, 0.15) is 114 Å². The van der Waals surface area contributed by atoms with E-state index in [1.54, 1.807) is 14.2 Å². The first kappa shape index (κ1) is 42.9. The van der Waals surface area contributed by atoms with E-state index in [1.807, 2.05) is 65.7 Å². The summed E-state index contributed by atoms with van der Waals surface area (Å²) in [6.45, 7) is 5.29. The Morgan fingerprint density at radius 1 is 0.750 bits per heavy atom. The first-order chi connectivity index (χ1) is 31.1. The van der Waals surface area contributed by atoms with Gasteiger partial charge in [0, 0.05) is 35.9 Å². The molecular weight excluding hydrogens is 805 g/mol. The average Bonchev–Trinajstić information content (AvgIpc) is 3.97. The fraction of sp³-hybridized carbons (Fsp3) is 0.370. The van der Waals surface area contributed by atoms with Gasteiger partial charge < -0.3 is 39.1 Å². The molecule has 9 rings (SSSR count). The maximum atomic E-state index is 14.4. The van der Waals surface area contributed by atoms with Gasteiger partial charge in [0.2, 0.25) is 6.79 Å². The second kappa shape index (κ2) is 18.7. The number of rotatable bonds is 10. The highest BCUT2D eigenvalue weighted by atomic mass is 16.7. The minimum Gasteiger partial charge on any atom is -0.493 e. The highest BCUT2D eigenvalue weighted by Gasteiger charge is 2.33. The van der Waals surface area contributed by atoms with Gasteiger partial charge in [-0.1, -0.05) is 55.0 Å². The van der Waals surface area contributed by atoms with Gasteiger partial charge in [-0.05, 0) is 152 Å². The number of Topliss-reactive ketones (excluding diaryl/α,β-unsaturated/α-hetero) is 1. The van der Waals surface area contributed by atoms with Gasteiger partial charge in [0.1, 0.15) is 0 Å². The Bertz CT molecular complexity index is 2550. The number of nitrogens with two attached hydrogens (primary N) is 1. The second-order valence-electron chi connectivity index (χ2n) is 17.8. The molecule has 0 saturated heterocycles. The topological polar surface area (TPSA) is 119 Å². The summed E-state index contributed by atoms with van der Waals surface area (Å²) in [6, 6.07) is 21.6. The van der Waals surface area contributed by atoms with Crippen molar-refractivity contribution in [2.75, 3.05) is 40.0 Å². The van der Waals surface area contributed by atoms with E-state index in [2.05, 4.69) is 50.3 Å². The number of carbonyl (C=O) groups excluding carboxylic acids is 2. The molecule has 2 bridgehead atoms. The summed E-state index contributed by atoms with van der Waals surface area (Å²) in [5.74, 6) is 4.56. The molecule has 5 aliphatic rings. The molecule has 332 valence electrons. The number of carbonyl (C=O) groups is 2. The number of amides is 1. The van der Waals surface area contributed by atoms with Crippen LogP contribution in [0, 0.1) is 11.8 Å². The van der Waals surface area contributed by atoms with E-state index in [9.17, 15) is 9.59 Å². The number of methoxy groups -OCH3 is 2. The molecule has 10 heteroatoms. The fourth-order valence-corrected chi connectivity index (χ4v) is 9.89. The van der Waals surface area contributed by atoms with E-state index >= 15 is 0 Å². The quantitative estimate of drug-likeness (QED) is 0.0944. The number of aryl methyl sites for hydroxylation is 1. The predicted octanol–water partition coefficient (Wildman–Crippen LogP) is 11.1. The zero-order chi connectivity index (χ0) is 44.3. The van der Waals surface area contributed by atoms with Crippen molar-refractivity contribution in [2.45, 2.75) is 83.6 Å². The van der Waals surface area contributed by atoms with E-state index in [0.29, 0.717) is 78.4 Å². The molecule has 64 heavy (non-hydrogen) atoms. The summed E-state index contributed by atoms with van der Waals surface area (Å²) in [4.78, 5) is 30.2. The van der Waals surface area contributed by atoms with Crippen molar-refractivity contribution in [1.82, 2.24) is 4.90 Å². The molecular formula is C54H58N2O8. The molecule has 3 heterocycles. The number of nitrogen functional groups attached to an aromatic ring is 1. The van der Waals surface area contributed by atoms with Gasteiger partial charge in [-0.15, -0.1) is 0 Å². The van der Waals surface area contributed by atoms with Crippen molar-refractivity contribution in [3.8, 4) is 34.5 Å². The van der Waals surface area contributed by atoms with Crippen molar-refractivity contribution in [3.63, 3.8) is 0 Å². The van der Waals surface area contributed by atoms with Crippen molar-refractivity contribution < 1.29 is 38.0 Å². The monoisotopic (exact) mass is 862 g/mol. The lowest BCUT2D eigenvalue weighted by Crippen LogP contribution is -2.32. The molecule has 0 saturated carbocycles. The minimum atomic E-state index is -0.103. The summed E-state index contributed by atoms with van der Waals surface area (Å²) >= 11 is 0. The minimum absolute atomic E-state index is 0.0763. The summed E-state index contributed by atoms with van der Waals surface area (Å²) in [5.41, 5.74) is 15.9. The smallest absolute Gasteiger partial charge is 0.258 e. The van der Waals surface area contributed by atoms with Crippen molar-refractivity contribution >= 4 is 28.5 Å². The number of nitrogens with zero attached hydrogens (tertiary/aromatic N) is 1. The Hall–Kier alpha value is -6.42. The van der Waals surface area contributed by atoms with E-state index in [0.717, 1.165) is 78.0 Å². The van der Waals surface area contributed by atoms with E-state index in [-0.39, 0.29) is 30.4 Å². The highest BCUT2D eigenvalue weighted by Crippen LogP contribution is 2.43. The first-order valence-electron chi connectivity index (χ1n) is 22.7. The normalized spacial score (nSPS) is 21.6. The van der Waals surface area contributed by atoms with Gasteiger partial charge >= 0.3 is 0 Å². The Balaban J connectivity index is 0.867. The number of ether oxygens (including phenoxy) is 6. The highest BCUT2D eigenvalue weighted by molar-refractivity contribution is 5.99. The van der Waals surface area contributed by atoms with Crippen LogP contribution in [0.5, 0.6) is 34.5 Å². The summed E-state index contributed by atoms with van der Waals surface area (Å²) in [7, 11) is 3.21. The second-order valence-corrected chi connectivity index (χ2v) is 17.8. The maximum Gasteiger partial charge on any atom is 0.258 e. The third-order valence-corrected chi connectivity index (χ3v) is 13.4. The van der Waals surface area contributed by atoms with Gasteiger partial charge in [-0.3, -0.25) is 9.59 Å². The van der Waals surface area contributed by atoms with Gasteiger partial charge in [-0.25, -0.2) is 0 Å². The molecule has 0 fully saturated rings. The lowest BCUT2D eigenvalue weighted by atomic mass is 9.77. The van der Waals surface area contributed by atoms with E-state index in [1.165, 1.54) is 16.7 Å². The Morgan fingerprint density at radius 3 is 2.27 bits per heavy atom. The van der Waals surface area contributed by atoms with Gasteiger partial charge in [-0.2, -0.15) is 0 Å². The van der Waals surface area contributed by atoms with Crippen LogP contribution in [0.25, 0.3) is 11.1 Å². The van der Waals surface area contributed by atoms with Crippen LogP contribution in [0.3, 0.4) is 0 Å². The molecule has 0 aromatic heterocycles. The molecule has 1 amide bonds. The van der Waals surface area contributed by atoms with Gasteiger partial charge in [0.05, 0.1) is 33.5 Å². The van der Waals surface area contributed by atoms with Crippen molar-refractivity contribution in [1.29, 1.82) is 0 Å². The standard InChI is InChI=1S/C54H58N2O8/c1-33-9-11-39-27-52(49(59-3)29-45(39)47(57)17-10-35-22-36(21-33)24-40(23-35)37-12-15-42(55)16-13-37)61-19-6-20-62-53-28-44-34(2)7-5-8-43-25-41(38-14-18-48-51(26-38)64-32-63-48)31-56(43)54(58)46(44)30-50(53)60-4/h5,8,12-16,18,21,23,26-31,34-36,43H,6-7,9-11,17,19-20,22,24-25,32,55H2,1-4H3. The molecule has 0 radical (unpaired) electrons. The van der Waals surface area contributed by atoms with Crippen LogP contribution in [-0.4, -0.2) is 56.9 Å². The maximum absolute atomic E-state index is 14.4. The molecule has 4 unspecified atom stereocenters. The molecule has 0 spiro atoms. The molecule has 4 atom stereocenters. The van der Waals surface area contributed by atoms with Crippen LogP contribution in [0.4, 0.5) is 5.69 Å². The molecule has 10 nitrogen and oxygen atoms in total. The van der Waals surface area contributed by atoms with Crippen LogP contribution in [0.2, 0.25) is 0 Å². The van der Waals surface area contributed by atoms with Crippen LogP contribution >= 0.6 is 0 Å². The molecule has 3 aliphatic heterocycles. The number of anilines is 1. The number of hydrogen-bond acceptors (Lipinski definition) is 9. The average molecular weight is 863 g/mol. The Labute approximate surface area is 376 Å². The number of ketones is 1. The van der Waals surface area contributed by atoms with Crippen molar-refractivity contribution in [2.24, 2.45) is 11.8 Å². The Kier molecular flexibility index (Phi) is 12.5. The summed E-state index contributed by atoms with van der Waals surface area (Å²) < 4.78 is 35.5. The van der Waals surface area contributed by atoms with E-state index in [4.69, 9.17) is 34.2 Å². The van der Waals surface area contributed by atoms with Crippen LogP contribution in [-0.2, 0) is 6.42 Å². The number of benzene rings is 4. The molecule has 2 N–H and O–H groups in total. The largest absolute Gasteiger partial charge is 0.493 e. The zero-order valence-corrected chi connectivity index (χ0v) is 37.3. The van der Waals surface area contributed by atoms with E-state index < -0.39 is 0 Å². The summed E-state index contributed by atoms with van der Waals surface area (Å²) in [5, 5.41) is 0. The lowest BCUT2D eigenvalue weighted by molar-refractivity contribution is 0.0804. The summed E-state index contributed by atoms with van der Waals surface area (Å²) in [6.07, 6.45) is 18.1. The SMILES string of the molecule is COc1cc2c(cc1OCCCOc1cc3c(cc1OC)C(=O)N1C=C(c4ccc5c(c4)OCO5)CC1C=CCC3C)CCC(C)=CC1CC(c3ccc(N)cc3)=CC(CCC2=O)C1.